The average Bonchev–Trinajstić information content (AvgIpc) is 2.73. The Labute approximate surface area is 160 Å². The number of anilines is 1. The first kappa shape index (κ1) is 18.6. The summed E-state index contributed by atoms with van der Waals surface area (Å²) >= 11 is 0. The second-order valence-corrected chi connectivity index (χ2v) is 6.42. The number of pyridine rings is 1. The third kappa shape index (κ3) is 4.94. The summed E-state index contributed by atoms with van der Waals surface area (Å²) in [7, 11) is 1.64. The molecular weight excluding hydrogens is 336 g/mol. The van der Waals surface area contributed by atoms with Crippen LogP contribution >= 0.6 is 0 Å². The fourth-order valence-corrected chi connectivity index (χ4v) is 2.82. The molecule has 0 radical (unpaired) electrons. The van der Waals surface area contributed by atoms with Crippen molar-refractivity contribution in [3.05, 3.63) is 78.0 Å². The van der Waals surface area contributed by atoms with Crippen LogP contribution in [0, 0.1) is 0 Å². The maximum atomic E-state index is 12.4. The Kier molecular flexibility index (Phi) is 6.21. The van der Waals surface area contributed by atoms with Gasteiger partial charge in [-0.2, -0.15) is 0 Å². The van der Waals surface area contributed by atoms with E-state index in [9.17, 15) is 4.79 Å². The maximum absolute atomic E-state index is 12.4. The van der Waals surface area contributed by atoms with Crippen LogP contribution in [0.25, 0.3) is 11.3 Å². The fraction of sp³-hybridized carbons (Fsp3) is 0.217. The molecule has 2 aromatic carbocycles. The molecule has 0 atom stereocenters. The molecular formula is C23H24N2O2. The molecule has 0 saturated heterocycles. The van der Waals surface area contributed by atoms with Crippen LogP contribution in [-0.4, -0.2) is 18.0 Å². The first-order valence-electron chi connectivity index (χ1n) is 9.20. The van der Waals surface area contributed by atoms with E-state index in [-0.39, 0.29) is 5.91 Å². The predicted octanol–water partition coefficient (Wildman–Crippen LogP) is 5.35. The molecule has 0 fully saturated rings. The minimum absolute atomic E-state index is 0.166. The van der Waals surface area contributed by atoms with Gasteiger partial charge < -0.3 is 10.1 Å². The van der Waals surface area contributed by atoms with Crippen LogP contribution in [0.1, 0.15) is 35.7 Å². The zero-order chi connectivity index (χ0) is 19.1. The largest absolute Gasteiger partial charge is 0.497 e. The predicted molar refractivity (Wildman–Crippen MR) is 109 cm³/mol. The number of carbonyl (C=O) groups is 1. The first-order valence-corrected chi connectivity index (χ1v) is 9.20. The molecule has 27 heavy (non-hydrogen) atoms. The number of nitrogens with zero attached hydrogens (tertiary/aromatic N) is 1. The van der Waals surface area contributed by atoms with Crippen molar-refractivity contribution >= 4 is 11.6 Å². The quantitative estimate of drug-likeness (QED) is 0.618. The number of nitrogens with one attached hydrogen (secondary N) is 1. The molecule has 1 amide bonds. The lowest BCUT2D eigenvalue weighted by atomic mass is 10.1. The highest BCUT2D eigenvalue weighted by Gasteiger charge is 2.08. The molecule has 0 bridgehead atoms. The lowest BCUT2D eigenvalue weighted by Crippen LogP contribution is -2.12. The Balaban J connectivity index is 1.66. The van der Waals surface area contributed by atoms with Gasteiger partial charge in [0.05, 0.1) is 18.4 Å². The number of amides is 1. The number of rotatable bonds is 7. The second-order valence-electron chi connectivity index (χ2n) is 6.42. The van der Waals surface area contributed by atoms with Crippen molar-refractivity contribution in [1.29, 1.82) is 0 Å². The summed E-state index contributed by atoms with van der Waals surface area (Å²) in [6, 6.07) is 19.3. The molecule has 0 unspecified atom stereocenters. The van der Waals surface area contributed by atoms with Gasteiger partial charge in [0.1, 0.15) is 5.75 Å². The third-order valence-electron chi connectivity index (χ3n) is 4.42. The van der Waals surface area contributed by atoms with Crippen molar-refractivity contribution in [2.45, 2.75) is 26.2 Å². The molecule has 1 N–H and O–H groups in total. The van der Waals surface area contributed by atoms with Crippen molar-refractivity contribution in [2.75, 3.05) is 12.4 Å². The number of hydrogen-bond acceptors (Lipinski definition) is 3. The van der Waals surface area contributed by atoms with Gasteiger partial charge in [-0.25, -0.2) is 0 Å². The topological polar surface area (TPSA) is 51.2 Å². The molecule has 0 aliphatic rings. The van der Waals surface area contributed by atoms with Crippen LogP contribution in [0.2, 0.25) is 0 Å². The van der Waals surface area contributed by atoms with Gasteiger partial charge in [-0.05, 0) is 54.8 Å². The summed E-state index contributed by atoms with van der Waals surface area (Å²) in [5.74, 6) is 0.611. The van der Waals surface area contributed by atoms with Gasteiger partial charge in [0.15, 0.2) is 0 Å². The highest BCUT2D eigenvalue weighted by molar-refractivity contribution is 6.04. The lowest BCUT2D eigenvalue weighted by molar-refractivity contribution is 0.102. The van der Waals surface area contributed by atoms with Crippen molar-refractivity contribution in [1.82, 2.24) is 4.98 Å². The minimum atomic E-state index is -0.166. The molecule has 4 heteroatoms. The Bertz CT molecular complexity index is 887. The van der Waals surface area contributed by atoms with Crippen LogP contribution in [0.4, 0.5) is 5.69 Å². The number of hydrogen-bond donors (Lipinski definition) is 1. The van der Waals surface area contributed by atoms with Crippen molar-refractivity contribution in [2.24, 2.45) is 0 Å². The van der Waals surface area contributed by atoms with E-state index in [1.165, 1.54) is 18.4 Å². The second kappa shape index (κ2) is 8.99. The van der Waals surface area contributed by atoms with Gasteiger partial charge in [-0.15, -0.1) is 0 Å². The SMILES string of the molecule is CCCCc1ccc(NC(=O)c2ccc(-c3cccc(OC)c3)nc2)cc1. The summed E-state index contributed by atoms with van der Waals surface area (Å²) in [4.78, 5) is 16.9. The van der Waals surface area contributed by atoms with Gasteiger partial charge >= 0.3 is 0 Å². The molecule has 0 aliphatic heterocycles. The maximum Gasteiger partial charge on any atom is 0.257 e. The van der Waals surface area contributed by atoms with E-state index in [4.69, 9.17) is 4.74 Å². The molecule has 3 aromatic rings. The Morgan fingerprint density at radius 1 is 1.07 bits per heavy atom. The van der Waals surface area contributed by atoms with Gasteiger partial charge in [-0.1, -0.05) is 37.6 Å². The van der Waals surface area contributed by atoms with Crippen LogP contribution < -0.4 is 10.1 Å². The molecule has 0 saturated carbocycles. The Morgan fingerprint density at radius 2 is 1.89 bits per heavy atom. The van der Waals surface area contributed by atoms with Crippen LogP contribution in [0.15, 0.2) is 66.9 Å². The zero-order valence-electron chi connectivity index (χ0n) is 15.7. The third-order valence-corrected chi connectivity index (χ3v) is 4.42. The zero-order valence-corrected chi connectivity index (χ0v) is 15.7. The standard InChI is InChI=1S/C23H24N2O2/c1-3-4-6-17-9-12-20(13-10-17)25-23(26)19-11-14-22(24-16-19)18-7-5-8-21(15-18)27-2/h5,7-16H,3-4,6H2,1-2H3,(H,25,26). The van der Waals surface area contributed by atoms with Crippen LogP contribution in [0.5, 0.6) is 5.75 Å². The van der Waals surface area contributed by atoms with E-state index >= 15 is 0 Å². The number of aromatic nitrogens is 1. The van der Waals surface area contributed by atoms with Crippen LogP contribution in [-0.2, 0) is 6.42 Å². The summed E-state index contributed by atoms with van der Waals surface area (Å²) < 4.78 is 5.24. The van der Waals surface area contributed by atoms with Crippen LogP contribution in [0.3, 0.4) is 0 Å². The number of carbonyl (C=O) groups excluding carboxylic acids is 1. The van der Waals surface area contributed by atoms with Crippen molar-refractivity contribution < 1.29 is 9.53 Å². The van der Waals surface area contributed by atoms with E-state index in [1.807, 2.05) is 42.5 Å². The number of unbranched alkanes of at least 4 members (excludes halogenated alkanes) is 1. The fourth-order valence-electron chi connectivity index (χ4n) is 2.82. The summed E-state index contributed by atoms with van der Waals surface area (Å²) in [6.07, 6.45) is 5.02. The monoisotopic (exact) mass is 360 g/mol. The molecule has 1 heterocycles. The van der Waals surface area contributed by atoms with E-state index in [0.717, 1.165) is 29.1 Å². The van der Waals surface area contributed by atoms with Gasteiger partial charge in [0.2, 0.25) is 0 Å². The Hall–Kier alpha value is -3.14. The van der Waals surface area contributed by atoms with Gasteiger partial charge in [0.25, 0.3) is 5.91 Å². The minimum Gasteiger partial charge on any atom is -0.497 e. The molecule has 0 aliphatic carbocycles. The Morgan fingerprint density at radius 3 is 2.56 bits per heavy atom. The highest BCUT2D eigenvalue weighted by atomic mass is 16.5. The summed E-state index contributed by atoms with van der Waals surface area (Å²) in [6.45, 7) is 2.18. The lowest BCUT2D eigenvalue weighted by Gasteiger charge is -2.08. The van der Waals surface area contributed by atoms with E-state index in [2.05, 4.69) is 29.4 Å². The highest BCUT2D eigenvalue weighted by Crippen LogP contribution is 2.22. The molecule has 1 aromatic heterocycles. The van der Waals surface area contributed by atoms with E-state index < -0.39 is 0 Å². The van der Waals surface area contributed by atoms with Crippen molar-refractivity contribution in [3.8, 4) is 17.0 Å². The summed E-state index contributed by atoms with van der Waals surface area (Å²) in [5.41, 5.74) is 4.35. The molecule has 4 nitrogen and oxygen atoms in total. The number of benzene rings is 2. The summed E-state index contributed by atoms with van der Waals surface area (Å²) in [5, 5.41) is 2.92. The van der Waals surface area contributed by atoms with E-state index in [0.29, 0.717) is 5.56 Å². The first-order chi connectivity index (χ1) is 13.2. The molecule has 0 spiro atoms. The normalized spacial score (nSPS) is 10.4. The smallest absolute Gasteiger partial charge is 0.257 e. The number of aryl methyl sites for hydroxylation is 1. The van der Waals surface area contributed by atoms with Crippen molar-refractivity contribution in [3.63, 3.8) is 0 Å². The van der Waals surface area contributed by atoms with Gasteiger partial charge in [0, 0.05) is 17.4 Å². The van der Waals surface area contributed by atoms with Gasteiger partial charge in [-0.3, -0.25) is 9.78 Å². The molecule has 138 valence electrons. The van der Waals surface area contributed by atoms with E-state index in [1.54, 1.807) is 19.4 Å². The number of ether oxygens (including phenoxy) is 1. The average molecular weight is 360 g/mol. The number of methoxy groups -OCH3 is 1. The molecule has 3 rings (SSSR count).